The van der Waals surface area contributed by atoms with Crippen molar-refractivity contribution in [2.45, 2.75) is 26.7 Å². The van der Waals surface area contributed by atoms with Crippen molar-refractivity contribution in [1.29, 1.82) is 0 Å². The summed E-state index contributed by atoms with van der Waals surface area (Å²) in [6.45, 7) is 4.77. The molecule has 0 aliphatic rings. The van der Waals surface area contributed by atoms with E-state index in [0.717, 1.165) is 17.2 Å². The van der Waals surface area contributed by atoms with Crippen molar-refractivity contribution in [3.05, 3.63) is 15.6 Å². The van der Waals surface area contributed by atoms with Crippen LogP contribution in [-0.4, -0.2) is 24.4 Å². The first-order chi connectivity index (χ1) is 6.63. The van der Waals surface area contributed by atoms with E-state index in [9.17, 15) is 4.79 Å². The smallest absolute Gasteiger partial charge is 0.140 e. The van der Waals surface area contributed by atoms with Gasteiger partial charge in [-0.05, 0) is 20.9 Å². The van der Waals surface area contributed by atoms with Gasteiger partial charge in [0, 0.05) is 17.8 Å². The van der Waals surface area contributed by atoms with E-state index in [1.54, 1.807) is 11.3 Å². The van der Waals surface area contributed by atoms with Crippen LogP contribution in [0.1, 0.15) is 22.0 Å². The molecule has 1 N–H and O–H groups in total. The number of thiazole rings is 1. The molecule has 14 heavy (non-hydrogen) atoms. The first kappa shape index (κ1) is 11.3. The Morgan fingerprint density at radius 2 is 2.21 bits per heavy atom. The lowest BCUT2D eigenvalue weighted by Gasteiger charge is -1.96. The number of ketones is 1. The third kappa shape index (κ3) is 3.20. The summed E-state index contributed by atoms with van der Waals surface area (Å²) in [5.74, 6) is 0.258. The van der Waals surface area contributed by atoms with Crippen LogP contribution in [0, 0.1) is 13.8 Å². The van der Waals surface area contributed by atoms with E-state index in [2.05, 4.69) is 10.3 Å². The molecule has 0 saturated heterocycles. The molecule has 1 aromatic rings. The van der Waals surface area contributed by atoms with Crippen LogP contribution < -0.4 is 5.32 Å². The number of hydrogen-bond donors (Lipinski definition) is 1. The molecule has 0 saturated carbocycles. The Balaban J connectivity index is 2.48. The predicted molar refractivity (Wildman–Crippen MR) is 58.8 cm³/mol. The molecule has 0 aromatic carbocycles. The number of aromatic nitrogens is 1. The van der Waals surface area contributed by atoms with Crippen molar-refractivity contribution >= 4 is 17.1 Å². The molecule has 4 heteroatoms. The highest BCUT2D eigenvalue weighted by Crippen LogP contribution is 2.17. The van der Waals surface area contributed by atoms with Crippen molar-refractivity contribution in [2.24, 2.45) is 0 Å². The lowest BCUT2D eigenvalue weighted by atomic mass is 10.2. The van der Waals surface area contributed by atoms with Crippen LogP contribution in [0.15, 0.2) is 0 Å². The molecule has 0 spiro atoms. The minimum Gasteiger partial charge on any atom is -0.319 e. The number of aryl methyl sites for hydroxylation is 2. The zero-order chi connectivity index (χ0) is 10.6. The van der Waals surface area contributed by atoms with Gasteiger partial charge in [-0.2, -0.15) is 0 Å². The predicted octanol–water partition coefficient (Wildman–Crippen LogP) is 1.48. The average Bonchev–Trinajstić information content (AvgIpc) is 2.42. The number of Topliss-reactive ketones (excluding diaryl/α,β-unsaturated/α-hetero) is 1. The van der Waals surface area contributed by atoms with Gasteiger partial charge in [-0.3, -0.25) is 4.79 Å². The standard InChI is InChI=1S/C10H16N2OS/c1-7-8(2)14-10(12-7)6-9(13)4-5-11-3/h11H,4-6H2,1-3H3. The number of nitrogens with one attached hydrogen (secondary N) is 1. The Labute approximate surface area is 88.6 Å². The molecule has 0 radical (unpaired) electrons. The minimum atomic E-state index is 0.258. The molecule has 0 amide bonds. The molecular weight excluding hydrogens is 196 g/mol. The van der Waals surface area contributed by atoms with Crippen LogP contribution in [0.3, 0.4) is 0 Å². The number of rotatable bonds is 5. The van der Waals surface area contributed by atoms with Crippen molar-refractivity contribution < 1.29 is 4.79 Å². The number of hydrogen-bond acceptors (Lipinski definition) is 4. The van der Waals surface area contributed by atoms with Crippen LogP contribution in [-0.2, 0) is 11.2 Å². The fraction of sp³-hybridized carbons (Fsp3) is 0.600. The van der Waals surface area contributed by atoms with E-state index in [-0.39, 0.29) is 5.78 Å². The molecular formula is C10H16N2OS. The summed E-state index contributed by atoms with van der Waals surface area (Å²) in [7, 11) is 1.85. The summed E-state index contributed by atoms with van der Waals surface area (Å²) >= 11 is 1.62. The molecule has 0 unspecified atom stereocenters. The Morgan fingerprint density at radius 3 is 2.71 bits per heavy atom. The summed E-state index contributed by atoms with van der Waals surface area (Å²) in [5.41, 5.74) is 1.05. The summed E-state index contributed by atoms with van der Waals surface area (Å²) in [6.07, 6.45) is 1.08. The maximum absolute atomic E-state index is 11.4. The summed E-state index contributed by atoms with van der Waals surface area (Å²) in [5, 5.41) is 3.91. The zero-order valence-corrected chi connectivity index (χ0v) is 9.70. The van der Waals surface area contributed by atoms with Crippen LogP contribution in [0.4, 0.5) is 0 Å². The second-order valence-corrected chi connectivity index (χ2v) is 4.61. The molecule has 1 rings (SSSR count). The van der Waals surface area contributed by atoms with E-state index in [4.69, 9.17) is 0 Å². The van der Waals surface area contributed by atoms with Gasteiger partial charge in [0.2, 0.25) is 0 Å². The molecule has 0 fully saturated rings. The maximum Gasteiger partial charge on any atom is 0.140 e. The highest BCUT2D eigenvalue weighted by molar-refractivity contribution is 7.11. The SMILES string of the molecule is CNCCC(=O)Cc1nc(C)c(C)s1. The van der Waals surface area contributed by atoms with Crippen LogP contribution in [0.5, 0.6) is 0 Å². The maximum atomic E-state index is 11.4. The fourth-order valence-electron chi connectivity index (χ4n) is 1.14. The van der Waals surface area contributed by atoms with Gasteiger partial charge in [-0.15, -0.1) is 11.3 Å². The van der Waals surface area contributed by atoms with Crippen LogP contribution in [0.25, 0.3) is 0 Å². The molecule has 1 aromatic heterocycles. The third-order valence-electron chi connectivity index (χ3n) is 2.08. The quantitative estimate of drug-likeness (QED) is 0.804. The van der Waals surface area contributed by atoms with Crippen molar-refractivity contribution in [3.8, 4) is 0 Å². The summed E-state index contributed by atoms with van der Waals surface area (Å²) in [6, 6.07) is 0. The number of carbonyl (C=O) groups is 1. The third-order valence-corrected chi connectivity index (χ3v) is 3.15. The molecule has 0 bridgehead atoms. The van der Waals surface area contributed by atoms with E-state index in [0.29, 0.717) is 12.8 Å². The van der Waals surface area contributed by atoms with Gasteiger partial charge in [0.25, 0.3) is 0 Å². The Hall–Kier alpha value is -0.740. The lowest BCUT2D eigenvalue weighted by Crippen LogP contribution is -2.14. The van der Waals surface area contributed by atoms with E-state index in [1.165, 1.54) is 4.88 Å². The largest absolute Gasteiger partial charge is 0.319 e. The topological polar surface area (TPSA) is 42.0 Å². The van der Waals surface area contributed by atoms with Crippen molar-refractivity contribution in [2.75, 3.05) is 13.6 Å². The lowest BCUT2D eigenvalue weighted by molar-refractivity contribution is -0.118. The normalized spacial score (nSPS) is 10.5. The van der Waals surface area contributed by atoms with Gasteiger partial charge in [0.1, 0.15) is 10.8 Å². The summed E-state index contributed by atoms with van der Waals surface area (Å²) in [4.78, 5) is 17.0. The highest BCUT2D eigenvalue weighted by Gasteiger charge is 2.08. The fourth-order valence-corrected chi connectivity index (χ4v) is 2.10. The zero-order valence-electron chi connectivity index (χ0n) is 8.89. The van der Waals surface area contributed by atoms with Gasteiger partial charge in [-0.1, -0.05) is 0 Å². The van der Waals surface area contributed by atoms with Crippen LogP contribution >= 0.6 is 11.3 Å². The van der Waals surface area contributed by atoms with Gasteiger partial charge in [0.15, 0.2) is 0 Å². The molecule has 1 heterocycles. The van der Waals surface area contributed by atoms with E-state index in [1.807, 2.05) is 20.9 Å². The van der Waals surface area contributed by atoms with Crippen molar-refractivity contribution in [1.82, 2.24) is 10.3 Å². The van der Waals surface area contributed by atoms with Gasteiger partial charge >= 0.3 is 0 Å². The van der Waals surface area contributed by atoms with E-state index >= 15 is 0 Å². The average molecular weight is 212 g/mol. The Morgan fingerprint density at radius 1 is 1.50 bits per heavy atom. The Kier molecular flexibility index (Phi) is 4.22. The van der Waals surface area contributed by atoms with Crippen LogP contribution in [0.2, 0.25) is 0 Å². The molecule has 0 aliphatic heterocycles. The number of carbonyl (C=O) groups excluding carboxylic acids is 1. The molecule has 3 nitrogen and oxygen atoms in total. The van der Waals surface area contributed by atoms with Gasteiger partial charge in [0.05, 0.1) is 12.1 Å². The Bertz CT molecular complexity index is 300. The molecule has 0 aliphatic carbocycles. The first-order valence-electron chi connectivity index (χ1n) is 4.72. The first-order valence-corrected chi connectivity index (χ1v) is 5.54. The summed E-state index contributed by atoms with van der Waals surface area (Å²) < 4.78 is 0. The number of nitrogens with zero attached hydrogens (tertiary/aromatic N) is 1. The molecule has 78 valence electrons. The highest BCUT2D eigenvalue weighted by atomic mass is 32.1. The minimum absolute atomic E-state index is 0.258. The molecule has 0 atom stereocenters. The monoisotopic (exact) mass is 212 g/mol. The second kappa shape index (κ2) is 5.22. The van der Waals surface area contributed by atoms with E-state index < -0.39 is 0 Å². The van der Waals surface area contributed by atoms with Gasteiger partial charge < -0.3 is 5.32 Å². The second-order valence-electron chi connectivity index (χ2n) is 3.32. The van der Waals surface area contributed by atoms with Crippen molar-refractivity contribution in [3.63, 3.8) is 0 Å². The van der Waals surface area contributed by atoms with Gasteiger partial charge in [-0.25, -0.2) is 4.98 Å².